The Kier molecular flexibility index (Phi) is 6.67. The van der Waals surface area contributed by atoms with Gasteiger partial charge in [-0.25, -0.2) is 13.1 Å². The Balaban J connectivity index is 2.61. The number of hydrogen-bond acceptors (Lipinski definition) is 4. The fourth-order valence-corrected chi connectivity index (χ4v) is 3.16. The molecule has 6 nitrogen and oxygen atoms in total. The van der Waals surface area contributed by atoms with Gasteiger partial charge in [0.1, 0.15) is 0 Å². The van der Waals surface area contributed by atoms with E-state index in [9.17, 15) is 8.42 Å². The van der Waals surface area contributed by atoms with Gasteiger partial charge in [0.2, 0.25) is 10.0 Å². The van der Waals surface area contributed by atoms with E-state index in [0.717, 1.165) is 19.5 Å². The summed E-state index contributed by atoms with van der Waals surface area (Å²) >= 11 is 0. The number of likely N-dealkylation sites (N-methyl/N-ethyl adjacent to an activating group) is 1. The first-order valence-electron chi connectivity index (χ1n) is 6.92. The molecule has 0 aliphatic rings. The van der Waals surface area contributed by atoms with E-state index in [2.05, 4.69) is 23.5 Å². The summed E-state index contributed by atoms with van der Waals surface area (Å²) in [5, 5.41) is 9.09. The van der Waals surface area contributed by atoms with Gasteiger partial charge in [0.05, 0.1) is 11.5 Å². The molecular weight excluding hydrogens is 278 g/mol. The van der Waals surface area contributed by atoms with Gasteiger partial charge in [-0.2, -0.15) is 0 Å². The number of hydrogen-bond donors (Lipinski definition) is 2. The molecule has 1 heterocycles. The molecule has 0 atom stereocenters. The smallest absolute Gasteiger partial charge is 0.242 e. The van der Waals surface area contributed by atoms with Crippen LogP contribution in [0.25, 0.3) is 0 Å². The van der Waals surface area contributed by atoms with Crippen molar-refractivity contribution >= 4 is 10.0 Å². The lowest BCUT2D eigenvalue weighted by atomic mass is 10.4. The SMILES string of the molecule is CCCN(CC)CCNS(=O)(=O)c1cc(CO)n(C)c1. The number of aliphatic hydroxyl groups excluding tert-OH is 1. The van der Waals surface area contributed by atoms with Gasteiger partial charge in [-0.3, -0.25) is 0 Å². The van der Waals surface area contributed by atoms with Gasteiger partial charge in [-0.1, -0.05) is 13.8 Å². The summed E-state index contributed by atoms with van der Waals surface area (Å²) in [6.45, 7) is 6.96. The zero-order valence-corrected chi connectivity index (χ0v) is 13.3. The highest BCUT2D eigenvalue weighted by Gasteiger charge is 2.17. The van der Waals surface area contributed by atoms with Gasteiger partial charge in [-0.15, -0.1) is 0 Å². The summed E-state index contributed by atoms with van der Waals surface area (Å²) in [5.41, 5.74) is 0.576. The van der Waals surface area contributed by atoms with Crippen molar-refractivity contribution in [2.24, 2.45) is 7.05 Å². The summed E-state index contributed by atoms with van der Waals surface area (Å²) < 4.78 is 28.4. The van der Waals surface area contributed by atoms with Crippen LogP contribution >= 0.6 is 0 Å². The first-order valence-corrected chi connectivity index (χ1v) is 8.41. The lowest BCUT2D eigenvalue weighted by molar-refractivity contribution is 0.272. The van der Waals surface area contributed by atoms with Crippen LogP contribution < -0.4 is 4.72 Å². The first kappa shape index (κ1) is 17.2. The van der Waals surface area contributed by atoms with E-state index in [0.29, 0.717) is 18.8 Å². The van der Waals surface area contributed by atoms with Crippen molar-refractivity contribution < 1.29 is 13.5 Å². The van der Waals surface area contributed by atoms with Gasteiger partial charge in [-0.05, 0) is 25.6 Å². The van der Waals surface area contributed by atoms with E-state index in [1.807, 2.05) is 0 Å². The summed E-state index contributed by atoms with van der Waals surface area (Å²) in [6.07, 6.45) is 2.57. The highest BCUT2D eigenvalue weighted by Crippen LogP contribution is 2.13. The van der Waals surface area contributed by atoms with Crippen molar-refractivity contribution in [2.75, 3.05) is 26.2 Å². The van der Waals surface area contributed by atoms with Crippen LogP contribution in [0, 0.1) is 0 Å². The molecule has 2 N–H and O–H groups in total. The van der Waals surface area contributed by atoms with Gasteiger partial charge in [0, 0.05) is 32.0 Å². The predicted molar refractivity (Wildman–Crippen MR) is 78.9 cm³/mol. The summed E-state index contributed by atoms with van der Waals surface area (Å²) in [5.74, 6) is 0. The third-order valence-electron chi connectivity index (χ3n) is 3.26. The molecule has 0 amide bonds. The van der Waals surface area contributed by atoms with Crippen molar-refractivity contribution in [3.05, 3.63) is 18.0 Å². The zero-order chi connectivity index (χ0) is 15.2. The van der Waals surface area contributed by atoms with E-state index >= 15 is 0 Å². The van der Waals surface area contributed by atoms with Crippen LogP contribution in [0.4, 0.5) is 0 Å². The Labute approximate surface area is 121 Å². The average molecular weight is 303 g/mol. The molecule has 116 valence electrons. The van der Waals surface area contributed by atoms with Crippen molar-refractivity contribution in [2.45, 2.75) is 31.8 Å². The standard InChI is InChI=1S/C13H25N3O3S/c1-4-7-16(5-2)8-6-14-20(18,19)13-9-12(11-17)15(3)10-13/h9-10,14,17H,4-8,11H2,1-3H3. The summed E-state index contributed by atoms with van der Waals surface area (Å²) in [7, 11) is -1.79. The maximum absolute atomic E-state index is 12.1. The molecule has 0 aliphatic heterocycles. The van der Waals surface area contributed by atoms with Crippen molar-refractivity contribution in [3.63, 3.8) is 0 Å². The van der Waals surface area contributed by atoms with E-state index in [1.54, 1.807) is 11.6 Å². The van der Waals surface area contributed by atoms with Crippen LogP contribution in [-0.2, 0) is 23.7 Å². The van der Waals surface area contributed by atoms with Crippen LogP contribution in [0.5, 0.6) is 0 Å². The monoisotopic (exact) mass is 303 g/mol. The molecule has 1 aromatic heterocycles. The summed E-state index contributed by atoms with van der Waals surface area (Å²) in [4.78, 5) is 2.40. The normalized spacial score (nSPS) is 12.2. The molecule has 0 spiro atoms. The topological polar surface area (TPSA) is 74.6 Å². The van der Waals surface area contributed by atoms with Gasteiger partial charge < -0.3 is 14.6 Å². The number of nitrogens with zero attached hydrogens (tertiary/aromatic N) is 2. The molecule has 7 heteroatoms. The molecule has 0 saturated carbocycles. The van der Waals surface area contributed by atoms with Crippen molar-refractivity contribution in [3.8, 4) is 0 Å². The maximum Gasteiger partial charge on any atom is 0.242 e. The highest BCUT2D eigenvalue weighted by molar-refractivity contribution is 7.89. The molecule has 0 aliphatic carbocycles. The fraction of sp³-hybridized carbons (Fsp3) is 0.692. The molecule has 1 aromatic rings. The minimum Gasteiger partial charge on any atom is -0.390 e. The zero-order valence-electron chi connectivity index (χ0n) is 12.5. The maximum atomic E-state index is 12.1. The molecular formula is C13H25N3O3S. The minimum atomic E-state index is -3.50. The van der Waals surface area contributed by atoms with E-state index in [1.165, 1.54) is 12.3 Å². The van der Waals surface area contributed by atoms with Crippen LogP contribution in [0.2, 0.25) is 0 Å². The Morgan fingerprint density at radius 1 is 1.35 bits per heavy atom. The third-order valence-corrected chi connectivity index (χ3v) is 4.69. The molecule has 20 heavy (non-hydrogen) atoms. The number of aryl methyl sites for hydroxylation is 1. The quantitative estimate of drug-likeness (QED) is 0.698. The molecule has 0 radical (unpaired) electrons. The first-order chi connectivity index (χ1) is 9.44. The minimum absolute atomic E-state index is 0.174. The van der Waals surface area contributed by atoms with Crippen LogP contribution in [0.1, 0.15) is 26.0 Å². The molecule has 1 rings (SSSR count). The van der Waals surface area contributed by atoms with Crippen LogP contribution in [0.3, 0.4) is 0 Å². The molecule has 0 unspecified atom stereocenters. The summed E-state index contributed by atoms with van der Waals surface area (Å²) in [6, 6.07) is 1.49. The second-order valence-corrected chi connectivity index (χ2v) is 6.54. The average Bonchev–Trinajstić information content (AvgIpc) is 2.79. The van der Waals surface area contributed by atoms with E-state index in [-0.39, 0.29) is 11.5 Å². The van der Waals surface area contributed by atoms with E-state index in [4.69, 9.17) is 5.11 Å². The molecule has 0 aromatic carbocycles. The van der Waals surface area contributed by atoms with Crippen molar-refractivity contribution in [1.82, 2.24) is 14.2 Å². The number of rotatable bonds is 9. The number of aromatic nitrogens is 1. The predicted octanol–water partition coefficient (Wildman–Crippen LogP) is 0.528. The van der Waals surface area contributed by atoms with Gasteiger partial charge in [0.25, 0.3) is 0 Å². The van der Waals surface area contributed by atoms with Crippen LogP contribution in [-0.4, -0.2) is 49.2 Å². The van der Waals surface area contributed by atoms with Crippen LogP contribution in [0.15, 0.2) is 17.2 Å². The second kappa shape index (κ2) is 7.78. The van der Waals surface area contributed by atoms with Crippen molar-refractivity contribution in [1.29, 1.82) is 0 Å². The highest BCUT2D eigenvalue weighted by atomic mass is 32.2. The molecule has 0 bridgehead atoms. The van der Waals surface area contributed by atoms with E-state index < -0.39 is 10.0 Å². The number of aliphatic hydroxyl groups is 1. The largest absolute Gasteiger partial charge is 0.390 e. The number of sulfonamides is 1. The Morgan fingerprint density at radius 3 is 2.55 bits per heavy atom. The lowest BCUT2D eigenvalue weighted by Crippen LogP contribution is -2.35. The molecule has 0 fully saturated rings. The number of nitrogens with one attached hydrogen (secondary N) is 1. The Morgan fingerprint density at radius 2 is 2.05 bits per heavy atom. The Bertz CT molecular complexity index is 511. The fourth-order valence-electron chi connectivity index (χ4n) is 2.05. The van der Waals surface area contributed by atoms with Gasteiger partial charge >= 0.3 is 0 Å². The molecule has 0 saturated heterocycles. The third kappa shape index (κ3) is 4.59. The Hall–Kier alpha value is -0.890. The van der Waals surface area contributed by atoms with Gasteiger partial charge in [0.15, 0.2) is 0 Å². The lowest BCUT2D eigenvalue weighted by Gasteiger charge is -2.19. The second-order valence-electron chi connectivity index (χ2n) is 4.77.